The predicted octanol–water partition coefficient (Wildman–Crippen LogP) is 0.124. The molecule has 0 saturated heterocycles. The zero-order chi connectivity index (χ0) is 5.86. The van der Waals surface area contributed by atoms with Crippen LogP contribution in [-0.2, 0) is 9.53 Å². The molecule has 0 N–H and O–H groups in total. The molecule has 0 amide bonds. The van der Waals surface area contributed by atoms with Gasteiger partial charge in [0.05, 0.1) is 0 Å². The van der Waals surface area contributed by atoms with Crippen LogP contribution < -0.4 is 0 Å². The number of hydrogen-bond donors (Lipinski definition) is 0. The van der Waals surface area contributed by atoms with Crippen molar-refractivity contribution in [3.05, 3.63) is 0 Å². The van der Waals surface area contributed by atoms with Crippen molar-refractivity contribution in [3.63, 3.8) is 0 Å². The van der Waals surface area contributed by atoms with Crippen LogP contribution in [0.3, 0.4) is 0 Å². The summed E-state index contributed by atoms with van der Waals surface area (Å²) < 4.78 is 25.0. The maximum absolute atomic E-state index is 10.8. The van der Waals surface area contributed by atoms with E-state index in [4.69, 9.17) is 0 Å². The van der Waals surface area contributed by atoms with Gasteiger partial charge in [-0.25, -0.2) is 0 Å². The first-order valence-corrected chi connectivity index (χ1v) is 1.58. The third kappa shape index (κ3) is 9.33. The molecule has 0 atom stereocenters. The molecule has 44 valence electrons. The van der Waals surface area contributed by atoms with E-state index in [9.17, 15) is 13.6 Å². The molecule has 0 fully saturated rings. The average molecular weight is 118 g/mol. The second kappa shape index (κ2) is 5.07. The number of esters is 1. The molecule has 8 heavy (non-hydrogen) atoms. The van der Waals surface area contributed by atoms with Crippen LogP contribution in [0.15, 0.2) is 0 Å². The number of halogens is 2. The van der Waals surface area contributed by atoms with Crippen molar-refractivity contribution in [2.45, 2.75) is 13.5 Å². The van der Waals surface area contributed by atoms with Crippen molar-refractivity contribution in [3.8, 4) is 0 Å². The Morgan fingerprint density at radius 2 is 2.00 bits per heavy atom. The summed E-state index contributed by atoms with van der Waals surface area (Å²) in [5.74, 6) is -0.963. The summed E-state index contributed by atoms with van der Waals surface area (Å²) in [5, 5.41) is 0. The Kier molecular flexibility index (Phi) is 6.86. The van der Waals surface area contributed by atoms with Gasteiger partial charge in [-0.15, -0.1) is 0 Å². The van der Waals surface area contributed by atoms with Crippen molar-refractivity contribution >= 4 is 24.8 Å². The van der Waals surface area contributed by atoms with Gasteiger partial charge in [-0.2, -0.15) is 8.78 Å². The van der Waals surface area contributed by atoms with Gasteiger partial charge in [0, 0.05) is 6.92 Å². The van der Waals surface area contributed by atoms with E-state index in [1.54, 1.807) is 0 Å². The molecule has 0 bridgehead atoms. The molecular formula is C3H5F2LiO2. The fourth-order valence-corrected chi connectivity index (χ4v) is 0.125. The summed E-state index contributed by atoms with van der Waals surface area (Å²) in [4.78, 5) is 9.55. The van der Waals surface area contributed by atoms with E-state index >= 15 is 0 Å². The second-order valence-corrected chi connectivity index (χ2v) is 0.870. The number of carbonyl (C=O) groups is 1. The monoisotopic (exact) mass is 118 g/mol. The van der Waals surface area contributed by atoms with Crippen LogP contribution in [0.4, 0.5) is 8.78 Å². The van der Waals surface area contributed by atoms with Gasteiger partial charge in [0.15, 0.2) is 0 Å². The quantitative estimate of drug-likeness (QED) is 0.361. The van der Waals surface area contributed by atoms with E-state index in [0.29, 0.717) is 0 Å². The average Bonchev–Trinajstić information content (AvgIpc) is 1.27. The van der Waals surface area contributed by atoms with E-state index in [0.717, 1.165) is 6.92 Å². The van der Waals surface area contributed by atoms with E-state index < -0.39 is 12.6 Å². The molecule has 0 aliphatic rings. The van der Waals surface area contributed by atoms with Gasteiger partial charge >= 0.3 is 31.4 Å². The van der Waals surface area contributed by atoms with Crippen molar-refractivity contribution in [2.75, 3.05) is 0 Å². The first-order valence-electron chi connectivity index (χ1n) is 1.58. The SMILES string of the molecule is CC(=O)OC(F)F.[LiH]. The van der Waals surface area contributed by atoms with Gasteiger partial charge in [0.1, 0.15) is 0 Å². The van der Waals surface area contributed by atoms with Gasteiger partial charge in [-0.3, -0.25) is 4.79 Å². The molecule has 0 aromatic heterocycles. The van der Waals surface area contributed by atoms with Crippen LogP contribution in [0.5, 0.6) is 0 Å². The van der Waals surface area contributed by atoms with Gasteiger partial charge in [0.2, 0.25) is 0 Å². The number of carbonyl (C=O) groups excluding carboxylic acids is 1. The summed E-state index contributed by atoms with van der Waals surface area (Å²) >= 11 is 0. The molecule has 0 aromatic carbocycles. The van der Waals surface area contributed by atoms with Gasteiger partial charge in [0.25, 0.3) is 0 Å². The topological polar surface area (TPSA) is 26.3 Å². The molecular weight excluding hydrogens is 113 g/mol. The Morgan fingerprint density at radius 3 is 2.00 bits per heavy atom. The molecule has 0 aliphatic carbocycles. The number of alkyl halides is 2. The molecule has 0 saturated carbocycles. The molecule has 0 aliphatic heterocycles. The van der Waals surface area contributed by atoms with E-state index in [2.05, 4.69) is 4.74 Å². The van der Waals surface area contributed by atoms with Crippen LogP contribution in [-0.4, -0.2) is 31.4 Å². The molecule has 2 nitrogen and oxygen atoms in total. The molecule has 0 spiro atoms. The fourth-order valence-electron chi connectivity index (χ4n) is 0.125. The van der Waals surface area contributed by atoms with E-state index in [1.807, 2.05) is 0 Å². The molecule has 0 aromatic rings. The molecule has 0 rings (SSSR count). The predicted molar refractivity (Wildman–Crippen MR) is 24.9 cm³/mol. The number of ether oxygens (including phenoxy) is 1. The van der Waals surface area contributed by atoms with Crippen molar-refractivity contribution in [1.82, 2.24) is 0 Å². The molecule has 0 radical (unpaired) electrons. The van der Waals surface area contributed by atoms with Crippen LogP contribution in [0.1, 0.15) is 6.92 Å². The molecule has 0 unspecified atom stereocenters. The molecule has 5 heteroatoms. The molecule has 0 heterocycles. The van der Waals surface area contributed by atoms with Crippen LogP contribution in [0.25, 0.3) is 0 Å². The van der Waals surface area contributed by atoms with Crippen LogP contribution in [0, 0.1) is 0 Å². The third-order valence-electron chi connectivity index (χ3n) is 0.255. The minimum atomic E-state index is -2.97. The normalized spacial score (nSPS) is 8.00. The summed E-state index contributed by atoms with van der Waals surface area (Å²) in [5.41, 5.74) is 0. The van der Waals surface area contributed by atoms with Gasteiger partial charge < -0.3 is 4.74 Å². The minimum absolute atomic E-state index is 0. The second-order valence-electron chi connectivity index (χ2n) is 0.870. The number of hydrogen-bond acceptors (Lipinski definition) is 2. The summed E-state index contributed by atoms with van der Waals surface area (Å²) in [6.45, 7) is -2.05. The fraction of sp³-hybridized carbons (Fsp3) is 0.667. The summed E-state index contributed by atoms with van der Waals surface area (Å²) in [6, 6.07) is 0. The van der Waals surface area contributed by atoms with Crippen molar-refractivity contribution in [2.24, 2.45) is 0 Å². The van der Waals surface area contributed by atoms with Crippen LogP contribution >= 0.6 is 0 Å². The van der Waals surface area contributed by atoms with Gasteiger partial charge in [-0.05, 0) is 0 Å². The first-order chi connectivity index (χ1) is 3.13. The number of rotatable bonds is 1. The van der Waals surface area contributed by atoms with E-state index in [1.165, 1.54) is 0 Å². The van der Waals surface area contributed by atoms with Crippen LogP contribution in [0.2, 0.25) is 0 Å². The Bertz CT molecular complexity index is 75.7. The Hall–Kier alpha value is -0.0726. The zero-order valence-corrected chi connectivity index (χ0v) is 3.65. The first kappa shape index (κ1) is 10.8. The van der Waals surface area contributed by atoms with Crippen molar-refractivity contribution in [1.29, 1.82) is 0 Å². The third-order valence-corrected chi connectivity index (χ3v) is 0.255. The van der Waals surface area contributed by atoms with E-state index in [-0.39, 0.29) is 18.9 Å². The Morgan fingerprint density at radius 1 is 1.62 bits per heavy atom. The standard InChI is InChI=1S/C3H4F2O2.Li.H/c1-2(6)7-3(4)5;;/h3H,1H3;;. The summed E-state index contributed by atoms with van der Waals surface area (Å²) in [6.07, 6.45) is 0. The maximum atomic E-state index is 10.8. The van der Waals surface area contributed by atoms with Gasteiger partial charge in [-0.1, -0.05) is 0 Å². The Balaban J connectivity index is 0. The van der Waals surface area contributed by atoms with Crippen molar-refractivity contribution < 1.29 is 18.3 Å². The zero-order valence-electron chi connectivity index (χ0n) is 3.65. The summed E-state index contributed by atoms with van der Waals surface area (Å²) in [7, 11) is 0. The Labute approximate surface area is 57.4 Å².